The van der Waals surface area contributed by atoms with E-state index in [4.69, 9.17) is 14.2 Å². The van der Waals surface area contributed by atoms with Crippen LogP contribution in [0.15, 0.2) is 72.8 Å². The van der Waals surface area contributed by atoms with Gasteiger partial charge in [-0.15, -0.1) is 0 Å². The lowest BCUT2D eigenvalue weighted by atomic mass is 10.1. The van der Waals surface area contributed by atoms with Crippen LogP contribution in [-0.2, 0) is 4.79 Å². The summed E-state index contributed by atoms with van der Waals surface area (Å²) < 4.78 is 17.1. The van der Waals surface area contributed by atoms with Crippen LogP contribution in [-0.4, -0.2) is 43.0 Å². The summed E-state index contributed by atoms with van der Waals surface area (Å²) in [5.41, 5.74) is 1.99. The molecule has 0 saturated carbocycles. The van der Waals surface area contributed by atoms with Gasteiger partial charge in [0.05, 0.1) is 12.7 Å². The maximum absolute atomic E-state index is 13.0. The van der Waals surface area contributed by atoms with E-state index in [-0.39, 0.29) is 12.5 Å². The number of carbonyl (C=O) groups is 1. The number of anilines is 1. The van der Waals surface area contributed by atoms with E-state index in [1.54, 1.807) is 38.0 Å². The molecule has 1 heterocycles. The molecule has 0 radical (unpaired) electrons. The van der Waals surface area contributed by atoms with Gasteiger partial charge in [-0.05, 0) is 49.2 Å². The van der Waals surface area contributed by atoms with Crippen molar-refractivity contribution in [3.05, 3.63) is 72.8 Å². The Labute approximate surface area is 194 Å². The third-order valence-electron chi connectivity index (χ3n) is 5.44. The fraction of sp³-hybridized carbons (Fsp3) is 0.296. The van der Waals surface area contributed by atoms with Gasteiger partial charge in [0.15, 0.2) is 17.6 Å². The molecule has 3 aromatic rings. The normalized spacial score (nSPS) is 16.1. The van der Waals surface area contributed by atoms with Crippen LogP contribution in [0.3, 0.4) is 0 Å². The van der Waals surface area contributed by atoms with Gasteiger partial charge in [0, 0.05) is 24.7 Å². The lowest BCUT2D eigenvalue weighted by Gasteiger charge is -2.21. The molecule has 0 aromatic heterocycles. The second-order valence-electron chi connectivity index (χ2n) is 8.71. The first-order valence-electron chi connectivity index (χ1n) is 11.0. The minimum atomic E-state index is -0.960. The van der Waals surface area contributed by atoms with Crippen molar-refractivity contribution in [3.8, 4) is 28.4 Å². The number of hydrogen-bond donors (Lipinski definition) is 1. The number of methoxy groups -OCH3 is 1. The lowest BCUT2D eigenvalue weighted by Crippen LogP contribution is -2.32. The maximum Gasteiger partial charge on any atom is 0.268 e. The monoisotopic (exact) mass is 447 g/mol. The Bertz CT molecular complexity index is 1090. The Morgan fingerprint density at radius 3 is 2.33 bits per heavy atom. The van der Waals surface area contributed by atoms with Crippen molar-refractivity contribution < 1.29 is 24.1 Å². The molecule has 1 aliphatic heterocycles. The zero-order valence-electron chi connectivity index (χ0n) is 19.2. The molecular weight excluding hydrogens is 418 g/mol. The number of nitrogens with zero attached hydrogens (tertiary/aromatic N) is 1. The Morgan fingerprint density at radius 1 is 0.970 bits per heavy atom. The highest BCUT2D eigenvalue weighted by molar-refractivity contribution is 5.99. The molecule has 1 fully saturated rings. The Kier molecular flexibility index (Phi) is 6.56. The largest absolute Gasteiger partial charge is 0.493 e. The summed E-state index contributed by atoms with van der Waals surface area (Å²) in [5, 5.41) is 9.90. The molecular formula is C27H29NO5. The van der Waals surface area contributed by atoms with E-state index >= 15 is 0 Å². The van der Waals surface area contributed by atoms with E-state index < -0.39 is 11.7 Å². The maximum atomic E-state index is 13.0. The minimum absolute atomic E-state index is 0.0886. The summed E-state index contributed by atoms with van der Waals surface area (Å²) in [6.07, 6.45) is 0.0584. The first kappa shape index (κ1) is 22.7. The average Bonchev–Trinajstić information content (AvgIpc) is 3.18. The standard InChI is InChI=1S/C27H29NO5/c1-27(2,30)18-32-23-14-11-21(17-25(23)31-3)28-16-15-24(26(28)29)33-22-12-9-20(10-13-22)19-7-5-4-6-8-19/h4-14,17,24,30H,15-16,18H2,1-3H3/t24-/m1/s1. The molecule has 0 unspecified atom stereocenters. The third kappa shape index (κ3) is 5.46. The minimum Gasteiger partial charge on any atom is -0.493 e. The number of carbonyl (C=O) groups excluding carboxylic acids is 1. The van der Waals surface area contributed by atoms with Crippen molar-refractivity contribution in [2.45, 2.75) is 32.0 Å². The van der Waals surface area contributed by atoms with Gasteiger partial charge in [0.1, 0.15) is 12.4 Å². The molecule has 1 amide bonds. The summed E-state index contributed by atoms with van der Waals surface area (Å²) in [6.45, 7) is 4.03. The van der Waals surface area contributed by atoms with E-state index in [1.807, 2.05) is 48.5 Å². The van der Waals surface area contributed by atoms with Crippen LogP contribution in [0.25, 0.3) is 11.1 Å². The number of ether oxygens (including phenoxy) is 3. The van der Waals surface area contributed by atoms with Gasteiger partial charge < -0.3 is 24.2 Å². The van der Waals surface area contributed by atoms with Crippen LogP contribution < -0.4 is 19.1 Å². The fourth-order valence-corrected chi connectivity index (χ4v) is 3.74. The van der Waals surface area contributed by atoms with E-state index in [0.29, 0.717) is 30.2 Å². The molecule has 1 saturated heterocycles. The Hall–Kier alpha value is -3.51. The van der Waals surface area contributed by atoms with Crippen molar-refractivity contribution in [1.82, 2.24) is 0 Å². The van der Waals surface area contributed by atoms with Crippen LogP contribution in [0.4, 0.5) is 5.69 Å². The number of hydrogen-bond acceptors (Lipinski definition) is 5. The summed E-state index contributed by atoms with van der Waals surface area (Å²) in [7, 11) is 1.55. The van der Waals surface area contributed by atoms with E-state index in [2.05, 4.69) is 12.1 Å². The van der Waals surface area contributed by atoms with Crippen molar-refractivity contribution in [1.29, 1.82) is 0 Å². The third-order valence-corrected chi connectivity index (χ3v) is 5.44. The van der Waals surface area contributed by atoms with Crippen molar-refractivity contribution in [3.63, 3.8) is 0 Å². The van der Waals surface area contributed by atoms with Crippen LogP contribution in [0, 0.1) is 0 Å². The van der Waals surface area contributed by atoms with E-state index in [1.165, 1.54) is 0 Å². The quantitative estimate of drug-likeness (QED) is 0.542. The van der Waals surface area contributed by atoms with Crippen LogP contribution in [0.5, 0.6) is 17.2 Å². The molecule has 1 atom stereocenters. The number of amides is 1. The molecule has 6 nitrogen and oxygen atoms in total. The van der Waals surface area contributed by atoms with E-state index in [9.17, 15) is 9.90 Å². The molecule has 3 aromatic carbocycles. The van der Waals surface area contributed by atoms with Gasteiger partial charge in [-0.1, -0.05) is 42.5 Å². The highest BCUT2D eigenvalue weighted by Gasteiger charge is 2.34. The molecule has 172 valence electrons. The van der Waals surface area contributed by atoms with Gasteiger partial charge in [-0.2, -0.15) is 0 Å². The molecule has 1 aliphatic rings. The van der Waals surface area contributed by atoms with Gasteiger partial charge in [0.2, 0.25) is 0 Å². The fourth-order valence-electron chi connectivity index (χ4n) is 3.74. The molecule has 0 spiro atoms. The molecule has 6 heteroatoms. The summed E-state index contributed by atoms with van der Waals surface area (Å²) in [5.74, 6) is 1.60. The zero-order chi connectivity index (χ0) is 23.4. The van der Waals surface area contributed by atoms with Crippen molar-refractivity contribution in [2.75, 3.05) is 25.2 Å². The molecule has 0 bridgehead atoms. The van der Waals surface area contributed by atoms with E-state index in [0.717, 1.165) is 16.8 Å². The molecule has 0 aliphatic carbocycles. The van der Waals surface area contributed by atoms with Gasteiger partial charge >= 0.3 is 0 Å². The zero-order valence-corrected chi connectivity index (χ0v) is 19.2. The summed E-state index contributed by atoms with van der Waals surface area (Å²) in [4.78, 5) is 14.7. The topological polar surface area (TPSA) is 68.2 Å². The lowest BCUT2D eigenvalue weighted by molar-refractivity contribution is -0.122. The number of benzene rings is 3. The Balaban J connectivity index is 1.42. The van der Waals surface area contributed by atoms with Gasteiger partial charge in [-0.25, -0.2) is 0 Å². The van der Waals surface area contributed by atoms with Crippen molar-refractivity contribution in [2.24, 2.45) is 0 Å². The predicted octanol–water partition coefficient (Wildman–Crippen LogP) is 4.70. The van der Waals surface area contributed by atoms with Gasteiger partial charge in [-0.3, -0.25) is 4.79 Å². The molecule has 1 N–H and O–H groups in total. The highest BCUT2D eigenvalue weighted by atomic mass is 16.5. The Morgan fingerprint density at radius 2 is 1.67 bits per heavy atom. The first-order valence-corrected chi connectivity index (χ1v) is 11.0. The van der Waals surface area contributed by atoms with Crippen LogP contribution >= 0.6 is 0 Å². The molecule has 4 rings (SSSR count). The van der Waals surface area contributed by atoms with Crippen molar-refractivity contribution >= 4 is 11.6 Å². The second kappa shape index (κ2) is 9.55. The van der Waals surface area contributed by atoms with Crippen LogP contribution in [0.2, 0.25) is 0 Å². The highest BCUT2D eigenvalue weighted by Crippen LogP contribution is 2.34. The van der Waals surface area contributed by atoms with Gasteiger partial charge in [0.25, 0.3) is 5.91 Å². The van der Waals surface area contributed by atoms with Crippen LogP contribution in [0.1, 0.15) is 20.3 Å². The SMILES string of the molecule is COc1cc(N2CC[C@@H](Oc3ccc(-c4ccccc4)cc3)C2=O)ccc1OCC(C)(C)O. The number of rotatable bonds is 8. The predicted molar refractivity (Wildman–Crippen MR) is 128 cm³/mol. The summed E-state index contributed by atoms with van der Waals surface area (Å²) >= 11 is 0. The summed E-state index contributed by atoms with van der Waals surface area (Å²) in [6, 6.07) is 23.3. The average molecular weight is 448 g/mol. The number of aliphatic hydroxyl groups is 1. The first-order chi connectivity index (χ1) is 15.8. The smallest absolute Gasteiger partial charge is 0.268 e. The molecule has 33 heavy (non-hydrogen) atoms. The second-order valence-corrected chi connectivity index (χ2v) is 8.71.